The van der Waals surface area contributed by atoms with Crippen molar-refractivity contribution in [2.24, 2.45) is 5.92 Å². The van der Waals surface area contributed by atoms with Gasteiger partial charge in [0.1, 0.15) is 12.0 Å². The first-order valence-electron chi connectivity index (χ1n) is 9.24. The topological polar surface area (TPSA) is 103 Å². The molecule has 0 spiro atoms. The van der Waals surface area contributed by atoms with Gasteiger partial charge in [-0.1, -0.05) is 31.2 Å². The second kappa shape index (κ2) is 7.31. The van der Waals surface area contributed by atoms with E-state index in [-0.39, 0.29) is 17.7 Å². The molecule has 0 saturated carbocycles. The standard InChI is InChI=1S/C19H22N6O2S/c1-13(2)18(15-6-5-14-4-3-9-28(26,27)17(14)10-15)23-19-16(11-20-12-21-19)25-8-7-22-24-25/h5-8,10-13,18H,3-4,9H2,1-2H3,(H,20,21,23)/t18-/m0/s1. The lowest BCUT2D eigenvalue weighted by Crippen LogP contribution is -2.21. The largest absolute Gasteiger partial charge is 0.361 e. The zero-order chi connectivity index (χ0) is 19.7. The van der Waals surface area contributed by atoms with Gasteiger partial charge in [-0.2, -0.15) is 0 Å². The average molecular weight is 398 g/mol. The molecular formula is C19H22N6O2S. The summed E-state index contributed by atoms with van der Waals surface area (Å²) in [5, 5.41) is 11.3. The maximum absolute atomic E-state index is 12.5. The SMILES string of the molecule is CC(C)[C@H](Nc1ncncc1-n1ccnn1)c1ccc2c(c1)S(=O)(=O)CCC2. The number of sulfone groups is 1. The molecule has 0 aliphatic carbocycles. The van der Waals surface area contributed by atoms with Crippen molar-refractivity contribution < 1.29 is 8.42 Å². The molecule has 3 aromatic rings. The fourth-order valence-electron chi connectivity index (χ4n) is 3.54. The molecule has 1 aliphatic heterocycles. The van der Waals surface area contributed by atoms with Crippen molar-refractivity contribution in [1.29, 1.82) is 0 Å². The van der Waals surface area contributed by atoms with Crippen LogP contribution in [0.4, 0.5) is 5.82 Å². The molecule has 0 fully saturated rings. The third-order valence-electron chi connectivity index (χ3n) is 4.97. The van der Waals surface area contributed by atoms with Crippen LogP contribution in [0.2, 0.25) is 0 Å². The molecule has 9 heteroatoms. The number of benzene rings is 1. The van der Waals surface area contributed by atoms with E-state index in [1.54, 1.807) is 23.3 Å². The minimum atomic E-state index is -3.22. The maximum atomic E-state index is 12.5. The van der Waals surface area contributed by atoms with Gasteiger partial charge in [0, 0.05) is 0 Å². The molecule has 4 rings (SSSR count). The number of hydrogen-bond acceptors (Lipinski definition) is 7. The molecule has 0 saturated heterocycles. The summed E-state index contributed by atoms with van der Waals surface area (Å²) in [6.07, 6.45) is 7.93. The molecule has 2 aromatic heterocycles. The van der Waals surface area contributed by atoms with Crippen LogP contribution >= 0.6 is 0 Å². The minimum Gasteiger partial charge on any atom is -0.361 e. The number of nitrogens with zero attached hydrogens (tertiary/aromatic N) is 5. The zero-order valence-electron chi connectivity index (χ0n) is 15.8. The van der Waals surface area contributed by atoms with E-state index in [1.807, 2.05) is 18.2 Å². The lowest BCUT2D eigenvalue weighted by Gasteiger charge is -2.26. The van der Waals surface area contributed by atoms with Gasteiger partial charge in [-0.05, 0) is 36.0 Å². The van der Waals surface area contributed by atoms with Crippen molar-refractivity contribution in [1.82, 2.24) is 25.0 Å². The van der Waals surface area contributed by atoms with E-state index in [1.165, 1.54) is 6.33 Å². The van der Waals surface area contributed by atoms with Gasteiger partial charge >= 0.3 is 0 Å². The Morgan fingerprint density at radius 1 is 1.25 bits per heavy atom. The lowest BCUT2D eigenvalue weighted by atomic mass is 9.94. The van der Waals surface area contributed by atoms with E-state index in [9.17, 15) is 8.42 Å². The Morgan fingerprint density at radius 2 is 2.11 bits per heavy atom. The Kier molecular flexibility index (Phi) is 4.84. The Hall–Kier alpha value is -2.81. The van der Waals surface area contributed by atoms with Crippen molar-refractivity contribution in [3.05, 3.63) is 54.2 Å². The normalized spacial score (nSPS) is 16.5. The summed E-state index contributed by atoms with van der Waals surface area (Å²) in [4.78, 5) is 8.91. The van der Waals surface area contributed by atoms with Gasteiger partial charge in [-0.15, -0.1) is 5.10 Å². The third kappa shape index (κ3) is 3.49. The van der Waals surface area contributed by atoms with Crippen LogP contribution in [0.25, 0.3) is 5.69 Å². The number of rotatable bonds is 5. The van der Waals surface area contributed by atoms with Gasteiger partial charge in [0.05, 0.1) is 35.3 Å². The van der Waals surface area contributed by atoms with Crippen molar-refractivity contribution in [3.63, 3.8) is 0 Å². The van der Waals surface area contributed by atoms with Gasteiger partial charge in [0.15, 0.2) is 15.7 Å². The smallest absolute Gasteiger partial charge is 0.178 e. The summed E-state index contributed by atoms with van der Waals surface area (Å²) in [6.45, 7) is 4.17. The predicted octanol–water partition coefficient (Wildman–Crippen LogP) is 2.59. The summed E-state index contributed by atoms with van der Waals surface area (Å²) < 4.78 is 26.6. The second-order valence-corrected chi connectivity index (χ2v) is 9.34. The molecule has 3 heterocycles. The molecule has 1 aromatic carbocycles. The van der Waals surface area contributed by atoms with Crippen LogP contribution in [-0.4, -0.2) is 39.1 Å². The molecule has 1 aliphatic rings. The summed E-state index contributed by atoms with van der Waals surface area (Å²) >= 11 is 0. The number of nitrogens with one attached hydrogen (secondary N) is 1. The summed E-state index contributed by atoms with van der Waals surface area (Å²) in [6, 6.07) is 5.64. The van der Waals surface area contributed by atoms with Crippen LogP contribution in [0, 0.1) is 5.92 Å². The van der Waals surface area contributed by atoms with Gasteiger partial charge in [0.25, 0.3) is 0 Å². The highest BCUT2D eigenvalue weighted by Crippen LogP contribution is 2.32. The van der Waals surface area contributed by atoms with Gasteiger partial charge < -0.3 is 5.32 Å². The van der Waals surface area contributed by atoms with Gasteiger partial charge in [-0.25, -0.2) is 23.1 Å². The molecular weight excluding hydrogens is 376 g/mol. The Labute approximate surface area is 164 Å². The Balaban J connectivity index is 1.73. The Bertz CT molecular complexity index is 1080. The first kappa shape index (κ1) is 18.5. The summed E-state index contributed by atoms with van der Waals surface area (Å²) in [5.74, 6) is 1.02. The monoisotopic (exact) mass is 398 g/mol. The van der Waals surface area contributed by atoms with Crippen LogP contribution in [0.15, 0.2) is 48.0 Å². The summed E-state index contributed by atoms with van der Waals surface area (Å²) in [7, 11) is -3.22. The highest BCUT2D eigenvalue weighted by atomic mass is 32.2. The Morgan fingerprint density at radius 3 is 2.86 bits per heavy atom. The van der Waals surface area contributed by atoms with Gasteiger partial charge in [-0.3, -0.25) is 0 Å². The van der Waals surface area contributed by atoms with Crippen molar-refractivity contribution in [2.45, 2.75) is 37.6 Å². The van der Waals surface area contributed by atoms with E-state index < -0.39 is 9.84 Å². The number of hydrogen-bond donors (Lipinski definition) is 1. The summed E-state index contributed by atoms with van der Waals surface area (Å²) in [5.41, 5.74) is 2.50. The van der Waals surface area contributed by atoms with Crippen LogP contribution in [0.5, 0.6) is 0 Å². The molecule has 146 valence electrons. The lowest BCUT2D eigenvalue weighted by molar-refractivity contribution is 0.541. The second-order valence-electron chi connectivity index (χ2n) is 7.26. The van der Waals surface area contributed by atoms with Crippen LogP contribution in [0.1, 0.15) is 37.4 Å². The van der Waals surface area contributed by atoms with E-state index >= 15 is 0 Å². The van der Waals surface area contributed by atoms with Crippen molar-refractivity contribution in [3.8, 4) is 5.69 Å². The fraction of sp³-hybridized carbons (Fsp3) is 0.368. The number of fused-ring (bicyclic) bond motifs is 1. The quantitative estimate of drug-likeness (QED) is 0.704. The number of aromatic nitrogens is 5. The van der Waals surface area contributed by atoms with Crippen LogP contribution < -0.4 is 5.32 Å². The number of aryl methyl sites for hydroxylation is 1. The minimum absolute atomic E-state index is 0.125. The first-order chi connectivity index (χ1) is 13.5. The zero-order valence-corrected chi connectivity index (χ0v) is 16.6. The molecule has 1 N–H and O–H groups in total. The van der Waals surface area contributed by atoms with Crippen LogP contribution in [0.3, 0.4) is 0 Å². The molecule has 0 bridgehead atoms. The van der Waals surface area contributed by atoms with Crippen LogP contribution in [-0.2, 0) is 16.3 Å². The molecule has 0 amide bonds. The molecule has 8 nitrogen and oxygen atoms in total. The van der Waals surface area contributed by atoms with Crippen molar-refractivity contribution >= 4 is 15.7 Å². The number of anilines is 1. The third-order valence-corrected chi connectivity index (χ3v) is 6.84. The van der Waals surface area contributed by atoms with E-state index in [0.717, 1.165) is 17.5 Å². The maximum Gasteiger partial charge on any atom is 0.178 e. The molecule has 0 unspecified atom stereocenters. The first-order valence-corrected chi connectivity index (χ1v) is 10.9. The fourth-order valence-corrected chi connectivity index (χ4v) is 5.17. The van der Waals surface area contributed by atoms with Gasteiger partial charge in [0.2, 0.25) is 0 Å². The highest BCUT2D eigenvalue weighted by Gasteiger charge is 2.26. The van der Waals surface area contributed by atoms with E-state index in [0.29, 0.717) is 22.8 Å². The van der Waals surface area contributed by atoms with E-state index in [4.69, 9.17) is 0 Å². The van der Waals surface area contributed by atoms with Crippen molar-refractivity contribution in [2.75, 3.05) is 11.1 Å². The molecule has 28 heavy (non-hydrogen) atoms. The predicted molar refractivity (Wildman–Crippen MR) is 105 cm³/mol. The highest BCUT2D eigenvalue weighted by molar-refractivity contribution is 7.91. The molecule has 1 atom stereocenters. The molecule has 0 radical (unpaired) electrons. The van der Waals surface area contributed by atoms with E-state index in [2.05, 4.69) is 39.4 Å². The average Bonchev–Trinajstić information content (AvgIpc) is 3.20.